The summed E-state index contributed by atoms with van der Waals surface area (Å²) in [6.45, 7) is 3.35. The molecule has 1 aromatic carbocycles. The number of anilines is 1. The molecule has 0 aliphatic carbocycles. The molecule has 2 rings (SSSR count). The summed E-state index contributed by atoms with van der Waals surface area (Å²) in [5, 5.41) is 24.3. The van der Waals surface area contributed by atoms with Crippen molar-refractivity contribution in [2.75, 3.05) is 5.32 Å². The van der Waals surface area contributed by atoms with Gasteiger partial charge in [-0.25, -0.2) is 9.97 Å². The molecule has 11 nitrogen and oxygen atoms in total. The fraction of sp³-hybridized carbons (Fsp3) is 0.154. The van der Waals surface area contributed by atoms with Gasteiger partial charge in [0, 0.05) is 23.5 Å². The third kappa shape index (κ3) is 6.55. The normalized spacial score (nSPS) is 11.4. The molecule has 1 N–H and O–H groups in total. The first kappa shape index (κ1) is 21.8. The molecule has 0 spiro atoms. The number of aromatic nitrogens is 2. The molecule has 13 heteroatoms. The number of nitrogens with one attached hydrogen (secondary N) is 1. The first-order valence-electron chi connectivity index (χ1n) is 6.70. The quantitative estimate of drug-likeness (QED) is 0.191. The van der Waals surface area contributed by atoms with Gasteiger partial charge in [-0.05, 0) is 32.0 Å². The molecule has 132 valence electrons. The van der Waals surface area contributed by atoms with Crippen LogP contribution in [0.2, 0.25) is 0 Å². The fourth-order valence-electron chi connectivity index (χ4n) is 1.77. The number of rotatable bonds is 5. The molecule has 0 fully saturated rings. The molecule has 0 radical (unpaired) electrons. The van der Waals surface area contributed by atoms with Gasteiger partial charge in [-0.2, -0.15) is 8.42 Å². The molecular formula is C13H12N5NaO6S. The maximum absolute atomic E-state index is 11.7. The van der Waals surface area contributed by atoms with Crippen LogP contribution in [0.4, 0.5) is 11.6 Å². The van der Waals surface area contributed by atoms with Gasteiger partial charge in [0.25, 0.3) is 5.69 Å². The molecule has 0 saturated carbocycles. The van der Waals surface area contributed by atoms with Crippen molar-refractivity contribution in [1.29, 1.82) is 0 Å². The Morgan fingerprint density at radius 3 is 2.23 bits per heavy atom. The first-order valence-corrected chi connectivity index (χ1v) is 8.06. The predicted octanol–water partition coefficient (Wildman–Crippen LogP) is -2.54. The van der Waals surface area contributed by atoms with Gasteiger partial charge in [0.05, 0.1) is 10.9 Å². The summed E-state index contributed by atoms with van der Waals surface area (Å²) in [7, 11) is -4.62. The summed E-state index contributed by atoms with van der Waals surface area (Å²) in [5.74, 6) is -0.332. The van der Waals surface area contributed by atoms with Crippen molar-refractivity contribution < 1.29 is 52.2 Å². The van der Waals surface area contributed by atoms with Crippen LogP contribution >= 0.6 is 0 Å². The number of nitrogens with zero attached hydrogens (tertiary/aromatic N) is 4. The van der Waals surface area contributed by atoms with Crippen molar-refractivity contribution in [2.24, 2.45) is 4.40 Å². The Morgan fingerprint density at radius 2 is 1.73 bits per heavy atom. The van der Waals surface area contributed by atoms with Gasteiger partial charge in [-0.1, -0.05) is 0 Å². The monoisotopic (exact) mass is 389 g/mol. The summed E-state index contributed by atoms with van der Waals surface area (Å²) in [5.41, 5.74) is 0.909. The summed E-state index contributed by atoms with van der Waals surface area (Å²) < 4.78 is 30.9. The molecule has 0 atom stereocenters. The average molecular weight is 389 g/mol. The minimum atomic E-state index is -4.62. The number of amidine groups is 1. The van der Waals surface area contributed by atoms with E-state index in [4.69, 9.17) is 0 Å². The van der Waals surface area contributed by atoms with E-state index in [0.717, 1.165) is 24.3 Å². The van der Waals surface area contributed by atoms with Gasteiger partial charge >= 0.3 is 39.9 Å². The molecule has 0 saturated heterocycles. The van der Waals surface area contributed by atoms with E-state index in [1.165, 1.54) is 0 Å². The number of hydrogen-bond acceptors (Lipinski definition) is 8. The van der Waals surface area contributed by atoms with Crippen molar-refractivity contribution in [3.8, 4) is 5.75 Å². The second kappa shape index (κ2) is 8.89. The van der Waals surface area contributed by atoms with Crippen LogP contribution in [0.1, 0.15) is 11.4 Å². The molecule has 1 aromatic heterocycles. The van der Waals surface area contributed by atoms with Gasteiger partial charge in [-0.15, -0.1) is 4.40 Å². The Kier molecular flexibility index (Phi) is 7.44. The van der Waals surface area contributed by atoms with E-state index in [2.05, 4.69) is 23.9 Å². The Labute approximate surface area is 170 Å². The standard InChI is InChI=1S/C13H13N5O6S.Na/c1-8-7-9(2)15-12(14-8)16-13(19)17-25(22,23)24-11-5-3-10(4-6-11)18(20)21;/h3-7H,1-2H3,(H2,14,15,16,17,19);/q;+1/p-1. The Bertz CT molecular complexity index is 912. The number of nitro groups is 1. The summed E-state index contributed by atoms with van der Waals surface area (Å²) in [4.78, 5) is 17.7. The maximum Gasteiger partial charge on any atom is 1.00 e. The molecule has 0 aliphatic rings. The Morgan fingerprint density at radius 1 is 1.19 bits per heavy atom. The molecular weight excluding hydrogens is 377 g/mol. The average Bonchev–Trinajstić information content (AvgIpc) is 2.45. The van der Waals surface area contributed by atoms with E-state index in [9.17, 15) is 23.6 Å². The smallest absolute Gasteiger partial charge is 0.845 e. The minimum Gasteiger partial charge on any atom is -0.845 e. The van der Waals surface area contributed by atoms with Gasteiger partial charge in [0.15, 0.2) is 0 Å². The van der Waals surface area contributed by atoms with E-state index in [1.807, 2.05) is 0 Å². The zero-order valence-electron chi connectivity index (χ0n) is 14.0. The third-order valence-electron chi connectivity index (χ3n) is 2.64. The largest absolute Gasteiger partial charge is 1.00 e. The number of non-ortho nitro benzene ring substituents is 1. The Balaban J connectivity index is 0.00000338. The van der Waals surface area contributed by atoms with E-state index in [-0.39, 0.29) is 46.9 Å². The zero-order valence-corrected chi connectivity index (χ0v) is 16.8. The molecule has 0 aliphatic heterocycles. The van der Waals surface area contributed by atoms with E-state index in [1.54, 1.807) is 19.9 Å². The topological polar surface area (TPSA) is 160 Å². The number of nitro benzene ring substituents is 1. The third-order valence-corrected chi connectivity index (χ3v) is 3.44. The molecule has 26 heavy (non-hydrogen) atoms. The van der Waals surface area contributed by atoms with E-state index >= 15 is 0 Å². The molecule has 2 aromatic rings. The van der Waals surface area contributed by atoms with Crippen molar-refractivity contribution in [3.63, 3.8) is 0 Å². The van der Waals surface area contributed by atoms with Crippen LogP contribution < -0.4 is 44.2 Å². The maximum atomic E-state index is 11.7. The van der Waals surface area contributed by atoms with Crippen LogP contribution in [-0.4, -0.2) is 29.3 Å². The van der Waals surface area contributed by atoms with Gasteiger partial charge in [0.2, 0.25) is 5.95 Å². The second-order valence-electron chi connectivity index (χ2n) is 4.76. The van der Waals surface area contributed by atoms with Crippen LogP contribution in [0.3, 0.4) is 0 Å². The Hall–Kier alpha value is -2.28. The fourth-order valence-corrected chi connectivity index (χ4v) is 2.41. The van der Waals surface area contributed by atoms with Crippen LogP contribution in [0.5, 0.6) is 5.75 Å². The summed E-state index contributed by atoms with van der Waals surface area (Å²) >= 11 is 0. The molecule has 0 unspecified atom stereocenters. The van der Waals surface area contributed by atoms with Crippen LogP contribution in [-0.2, 0) is 10.3 Å². The van der Waals surface area contributed by atoms with Crippen LogP contribution in [0.15, 0.2) is 34.7 Å². The number of hydrogen-bond donors (Lipinski definition) is 1. The van der Waals surface area contributed by atoms with Crippen molar-refractivity contribution in [2.45, 2.75) is 13.8 Å². The van der Waals surface area contributed by atoms with Crippen molar-refractivity contribution in [1.82, 2.24) is 9.97 Å². The zero-order chi connectivity index (χ0) is 18.6. The van der Waals surface area contributed by atoms with Crippen LogP contribution in [0.25, 0.3) is 0 Å². The van der Waals surface area contributed by atoms with E-state index < -0.39 is 21.2 Å². The second-order valence-corrected chi connectivity index (χ2v) is 5.96. The summed E-state index contributed by atoms with van der Waals surface area (Å²) in [6, 6.07) is 4.66. The number of benzene rings is 1. The summed E-state index contributed by atoms with van der Waals surface area (Å²) in [6.07, 6.45) is 0. The van der Waals surface area contributed by atoms with E-state index in [0.29, 0.717) is 11.4 Å². The molecule has 0 bridgehead atoms. The van der Waals surface area contributed by atoms with Gasteiger partial charge in [-0.3, -0.25) is 10.1 Å². The SMILES string of the molecule is Cc1cc(C)nc(NC([O-])=NS(=O)(=O)Oc2ccc([N+](=O)[O-])cc2)n1.[Na+]. The predicted molar refractivity (Wildman–Crippen MR) is 85.2 cm³/mol. The number of aryl methyl sites for hydroxylation is 2. The van der Waals surface area contributed by atoms with Gasteiger partial charge < -0.3 is 14.6 Å². The minimum absolute atomic E-state index is 0. The van der Waals surface area contributed by atoms with Crippen molar-refractivity contribution in [3.05, 3.63) is 51.8 Å². The first-order chi connectivity index (χ1) is 11.6. The van der Waals surface area contributed by atoms with Crippen molar-refractivity contribution >= 4 is 28.0 Å². The molecule has 1 heterocycles. The molecule has 0 amide bonds. The van der Waals surface area contributed by atoms with Crippen LogP contribution in [0, 0.1) is 24.0 Å². The van der Waals surface area contributed by atoms with Gasteiger partial charge in [0.1, 0.15) is 5.75 Å².